The smallest absolute Gasteiger partial charge is 0.306 e. The van der Waals surface area contributed by atoms with Crippen molar-refractivity contribution in [3.63, 3.8) is 0 Å². The maximum absolute atomic E-state index is 12.9. The molecule has 1 saturated heterocycles. The first-order chi connectivity index (χ1) is 15.0. The summed E-state index contributed by atoms with van der Waals surface area (Å²) < 4.78 is 4.96. The van der Waals surface area contributed by atoms with Gasteiger partial charge in [0, 0.05) is 37.9 Å². The number of rotatable bonds is 9. The molecule has 3 amide bonds. The maximum atomic E-state index is 12.9. The maximum Gasteiger partial charge on any atom is 0.306 e. The fourth-order valence-electron chi connectivity index (χ4n) is 3.70. The predicted octanol–water partition coefficient (Wildman–Crippen LogP) is -0.417. The normalized spacial score (nSPS) is 19.7. The van der Waals surface area contributed by atoms with Gasteiger partial charge in [-0.1, -0.05) is 12.1 Å². The van der Waals surface area contributed by atoms with Crippen LogP contribution in [0.15, 0.2) is 24.3 Å². The Labute approximate surface area is 183 Å². The summed E-state index contributed by atoms with van der Waals surface area (Å²) in [6.07, 6.45) is -1.24. The van der Waals surface area contributed by atoms with Gasteiger partial charge in [-0.25, -0.2) is 0 Å². The molecule has 4 N–H and O–H groups in total. The number of likely N-dealkylation sites (tertiary alicyclic amines) is 1. The molecule has 1 heterocycles. The lowest BCUT2D eigenvalue weighted by molar-refractivity contribution is -0.384. The summed E-state index contributed by atoms with van der Waals surface area (Å²) in [5, 5.41) is 23.3. The van der Waals surface area contributed by atoms with Crippen LogP contribution in [0.25, 0.3) is 0 Å². The third-order valence-corrected chi connectivity index (χ3v) is 5.22. The van der Waals surface area contributed by atoms with E-state index in [9.17, 15) is 34.4 Å². The largest absolute Gasteiger partial charge is 0.466 e. The number of nitro benzene ring substituents is 1. The Morgan fingerprint density at radius 3 is 2.44 bits per heavy atom. The molecule has 1 aliphatic rings. The Morgan fingerprint density at radius 2 is 1.94 bits per heavy atom. The van der Waals surface area contributed by atoms with Crippen molar-refractivity contribution in [3.8, 4) is 0 Å². The van der Waals surface area contributed by atoms with E-state index in [1.54, 1.807) is 6.92 Å². The highest BCUT2D eigenvalue weighted by molar-refractivity contribution is 5.92. The average Bonchev–Trinajstić information content (AvgIpc) is 3.12. The molecular formula is C20H26N4O8. The number of ether oxygens (including phenoxy) is 1. The van der Waals surface area contributed by atoms with Crippen LogP contribution >= 0.6 is 0 Å². The summed E-state index contributed by atoms with van der Waals surface area (Å²) in [5.74, 6) is -3.71. The second kappa shape index (κ2) is 10.7. The molecular weight excluding hydrogens is 424 g/mol. The van der Waals surface area contributed by atoms with Gasteiger partial charge in [-0.05, 0) is 12.5 Å². The minimum atomic E-state index is -1.38. The van der Waals surface area contributed by atoms with Crippen LogP contribution in [0.5, 0.6) is 0 Å². The van der Waals surface area contributed by atoms with Crippen LogP contribution in [0.4, 0.5) is 5.69 Å². The number of nitrogens with one attached hydrogen (secondary N) is 1. The Bertz CT molecular complexity index is 888. The van der Waals surface area contributed by atoms with Gasteiger partial charge in [-0.3, -0.25) is 29.3 Å². The molecule has 1 aromatic rings. The van der Waals surface area contributed by atoms with E-state index in [1.807, 2.05) is 0 Å². The van der Waals surface area contributed by atoms with Crippen LogP contribution in [0.3, 0.4) is 0 Å². The number of carbonyl (C=O) groups excluding carboxylic acids is 4. The Kier molecular flexibility index (Phi) is 8.24. The van der Waals surface area contributed by atoms with Gasteiger partial charge in [-0.15, -0.1) is 0 Å². The average molecular weight is 450 g/mol. The lowest BCUT2D eigenvalue weighted by Crippen LogP contribution is -2.54. The van der Waals surface area contributed by atoms with Crippen molar-refractivity contribution in [2.24, 2.45) is 5.73 Å². The van der Waals surface area contributed by atoms with E-state index in [0.29, 0.717) is 5.56 Å². The van der Waals surface area contributed by atoms with Gasteiger partial charge in [0.15, 0.2) is 0 Å². The van der Waals surface area contributed by atoms with Crippen molar-refractivity contribution < 1.29 is 33.9 Å². The van der Waals surface area contributed by atoms with Crippen LogP contribution in [-0.4, -0.2) is 70.0 Å². The van der Waals surface area contributed by atoms with Gasteiger partial charge < -0.3 is 25.8 Å². The van der Waals surface area contributed by atoms with Crippen molar-refractivity contribution in [1.29, 1.82) is 0 Å². The third kappa shape index (κ3) is 6.00. The second-order valence-corrected chi connectivity index (χ2v) is 7.43. The van der Waals surface area contributed by atoms with E-state index in [2.05, 4.69) is 5.32 Å². The van der Waals surface area contributed by atoms with Gasteiger partial charge >= 0.3 is 5.97 Å². The molecule has 12 heteroatoms. The van der Waals surface area contributed by atoms with E-state index < -0.39 is 52.7 Å². The van der Waals surface area contributed by atoms with Crippen molar-refractivity contribution in [2.75, 3.05) is 13.2 Å². The van der Waals surface area contributed by atoms with Crippen LogP contribution < -0.4 is 11.1 Å². The molecule has 1 fully saturated rings. The number of hydrogen-bond donors (Lipinski definition) is 3. The fourth-order valence-corrected chi connectivity index (χ4v) is 3.70. The number of β-amino-alcohol motifs (C(OH)–C–C–N with tert-alkyl or cyclic N) is 1. The van der Waals surface area contributed by atoms with Crippen LogP contribution in [0, 0.1) is 10.1 Å². The number of benzene rings is 1. The summed E-state index contributed by atoms with van der Waals surface area (Å²) >= 11 is 0. The zero-order valence-electron chi connectivity index (χ0n) is 17.7. The summed E-state index contributed by atoms with van der Waals surface area (Å²) in [4.78, 5) is 60.7. The van der Waals surface area contributed by atoms with Crippen LogP contribution in [0.1, 0.15) is 38.2 Å². The number of nitro groups is 1. The molecule has 0 saturated carbocycles. The highest BCUT2D eigenvalue weighted by atomic mass is 16.6. The summed E-state index contributed by atoms with van der Waals surface area (Å²) in [6, 6.07) is 2.76. The monoisotopic (exact) mass is 450 g/mol. The SMILES string of the molecule is CCOC(=O)C[C@@H](c1ccc([N+](=O)[O-])cc1)[C@H](NC(=O)[C@@H]1C[C@@H](O)CN1C(C)=O)C(N)=O. The number of amides is 3. The van der Waals surface area contributed by atoms with Crippen molar-refractivity contribution in [3.05, 3.63) is 39.9 Å². The minimum Gasteiger partial charge on any atom is -0.466 e. The third-order valence-electron chi connectivity index (χ3n) is 5.22. The highest BCUT2D eigenvalue weighted by Gasteiger charge is 2.40. The van der Waals surface area contributed by atoms with E-state index in [0.717, 1.165) is 0 Å². The topological polar surface area (TPSA) is 182 Å². The summed E-state index contributed by atoms with van der Waals surface area (Å²) in [7, 11) is 0. The molecule has 0 bridgehead atoms. The van der Waals surface area contributed by atoms with Crippen molar-refractivity contribution in [2.45, 2.75) is 50.8 Å². The lowest BCUT2D eigenvalue weighted by Gasteiger charge is -2.28. The molecule has 32 heavy (non-hydrogen) atoms. The Morgan fingerprint density at radius 1 is 1.31 bits per heavy atom. The highest BCUT2D eigenvalue weighted by Crippen LogP contribution is 2.27. The molecule has 0 unspecified atom stereocenters. The molecule has 2 rings (SSSR count). The molecule has 1 aliphatic heterocycles. The number of hydrogen-bond acceptors (Lipinski definition) is 8. The summed E-state index contributed by atoms with van der Waals surface area (Å²) in [6.45, 7) is 2.93. The van der Waals surface area contributed by atoms with Crippen molar-refractivity contribution in [1.82, 2.24) is 10.2 Å². The predicted molar refractivity (Wildman–Crippen MR) is 110 cm³/mol. The first-order valence-electron chi connectivity index (χ1n) is 10.00. The van der Waals surface area contributed by atoms with Crippen LogP contribution in [-0.2, 0) is 23.9 Å². The Balaban J connectivity index is 2.35. The number of aliphatic hydroxyl groups is 1. The zero-order valence-corrected chi connectivity index (χ0v) is 17.7. The van der Waals surface area contributed by atoms with E-state index >= 15 is 0 Å². The van der Waals surface area contributed by atoms with Crippen molar-refractivity contribution >= 4 is 29.4 Å². The Hall–Kier alpha value is -3.54. The minimum absolute atomic E-state index is 0.0169. The van der Waals surface area contributed by atoms with Crippen LogP contribution in [0.2, 0.25) is 0 Å². The molecule has 1 aromatic carbocycles. The number of non-ortho nitro benzene ring substituents is 1. The van der Waals surface area contributed by atoms with E-state index in [-0.39, 0.29) is 31.7 Å². The first-order valence-corrected chi connectivity index (χ1v) is 10.00. The fraction of sp³-hybridized carbons (Fsp3) is 0.500. The number of aliphatic hydroxyl groups excluding tert-OH is 1. The molecule has 174 valence electrons. The molecule has 0 spiro atoms. The lowest BCUT2D eigenvalue weighted by atomic mass is 9.87. The molecule has 12 nitrogen and oxygen atoms in total. The number of carbonyl (C=O) groups is 4. The standard InChI is InChI=1S/C20H26N4O8/c1-3-32-17(27)9-15(12-4-6-13(7-5-12)24(30)31)18(19(21)28)22-20(29)16-8-14(26)10-23(16)11(2)25/h4-7,14-16,18,26H,3,8-10H2,1-2H3,(H2,21,28)(H,22,29)/t14-,15+,16+,18+/m1/s1. The van der Waals surface area contributed by atoms with Gasteiger partial charge in [0.05, 0.1) is 24.1 Å². The number of primary amides is 1. The number of nitrogens with zero attached hydrogens (tertiary/aromatic N) is 2. The first kappa shape index (κ1) is 24.7. The molecule has 4 atom stereocenters. The van der Waals surface area contributed by atoms with E-state index in [4.69, 9.17) is 10.5 Å². The quantitative estimate of drug-likeness (QED) is 0.257. The second-order valence-electron chi connectivity index (χ2n) is 7.43. The van der Waals surface area contributed by atoms with Gasteiger partial charge in [0.25, 0.3) is 5.69 Å². The van der Waals surface area contributed by atoms with Gasteiger partial charge in [-0.2, -0.15) is 0 Å². The molecule has 0 aliphatic carbocycles. The zero-order chi connectivity index (χ0) is 24.0. The number of esters is 1. The number of nitrogens with two attached hydrogens (primary N) is 1. The molecule has 0 aromatic heterocycles. The van der Waals surface area contributed by atoms with E-state index in [1.165, 1.54) is 36.1 Å². The molecule has 0 radical (unpaired) electrons. The summed E-state index contributed by atoms with van der Waals surface area (Å²) in [5.41, 5.74) is 5.68. The van der Waals surface area contributed by atoms with Gasteiger partial charge in [0.1, 0.15) is 12.1 Å². The van der Waals surface area contributed by atoms with Gasteiger partial charge in [0.2, 0.25) is 17.7 Å².